The highest BCUT2D eigenvalue weighted by molar-refractivity contribution is 7.92. The van der Waals surface area contributed by atoms with E-state index in [-0.39, 0.29) is 10.0 Å². The molecule has 2 rings (SSSR count). The Kier molecular flexibility index (Phi) is 6.00. The predicted molar refractivity (Wildman–Crippen MR) is 90.2 cm³/mol. The molecule has 1 aromatic heterocycles. The van der Waals surface area contributed by atoms with Gasteiger partial charge in [0.1, 0.15) is 16.1 Å². The molecule has 0 radical (unpaired) electrons. The number of nitrogens with zero attached hydrogens (tertiary/aromatic N) is 2. The molecule has 1 amide bonds. The molecular formula is C15H18FN3O3S2. The first kappa shape index (κ1) is 18.5. The lowest BCUT2D eigenvalue weighted by Crippen LogP contribution is -2.32. The van der Waals surface area contributed by atoms with Crippen LogP contribution < -0.4 is 5.32 Å². The molecule has 0 spiro atoms. The lowest BCUT2D eigenvalue weighted by atomic mass is 10.3. The lowest BCUT2D eigenvalue weighted by Gasteiger charge is -2.12. The van der Waals surface area contributed by atoms with E-state index in [9.17, 15) is 17.6 Å². The maximum atomic E-state index is 12.9. The molecule has 0 bridgehead atoms. The van der Waals surface area contributed by atoms with Crippen LogP contribution in [-0.2, 0) is 21.1 Å². The van der Waals surface area contributed by atoms with Crippen LogP contribution in [0, 0.1) is 5.82 Å². The minimum atomic E-state index is -3.90. The van der Waals surface area contributed by atoms with Crippen LogP contribution in [-0.4, -0.2) is 29.8 Å². The molecule has 130 valence electrons. The van der Waals surface area contributed by atoms with Crippen LogP contribution in [0.4, 0.5) is 9.52 Å². The van der Waals surface area contributed by atoms with Crippen molar-refractivity contribution in [3.05, 3.63) is 35.1 Å². The second kappa shape index (κ2) is 7.80. The maximum Gasteiger partial charge on any atom is 0.244 e. The lowest BCUT2D eigenvalue weighted by molar-refractivity contribution is -0.115. The van der Waals surface area contributed by atoms with Crippen LogP contribution in [0.3, 0.4) is 0 Å². The number of hydrogen-bond acceptors (Lipinski definition) is 6. The van der Waals surface area contributed by atoms with Gasteiger partial charge in [-0.2, -0.15) is 0 Å². The molecule has 6 nitrogen and oxygen atoms in total. The fourth-order valence-electron chi connectivity index (χ4n) is 1.91. The van der Waals surface area contributed by atoms with Gasteiger partial charge in [0.15, 0.2) is 9.84 Å². The van der Waals surface area contributed by atoms with Gasteiger partial charge in [-0.1, -0.05) is 24.7 Å². The molecule has 2 aromatic rings. The average molecular weight is 371 g/mol. The number of halogens is 1. The number of hydrogen-bond donors (Lipinski definition) is 1. The highest BCUT2D eigenvalue weighted by atomic mass is 32.2. The number of sulfone groups is 1. The van der Waals surface area contributed by atoms with E-state index in [1.165, 1.54) is 18.3 Å². The molecule has 1 atom stereocenters. The van der Waals surface area contributed by atoms with Crippen molar-refractivity contribution in [3.8, 4) is 0 Å². The molecule has 0 saturated heterocycles. The second-order valence-electron chi connectivity index (χ2n) is 5.23. The molecule has 0 aliphatic rings. The van der Waals surface area contributed by atoms with Crippen molar-refractivity contribution in [2.24, 2.45) is 0 Å². The highest BCUT2D eigenvalue weighted by Gasteiger charge is 2.30. The van der Waals surface area contributed by atoms with E-state index in [4.69, 9.17) is 0 Å². The van der Waals surface area contributed by atoms with Crippen LogP contribution in [0.5, 0.6) is 0 Å². The molecule has 0 unspecified atom stereocenters. The first-order chi connectivity index (χ1) is 11.3. The van der Waals surface area contributed by atoms with Gasteiger partial charge < -0.3 is 0 Å². The van der Waals surface area contributed by atoms with Gasteiger partial charge in [-0.3, -0.25) is 10.1 Å². The summed E-state index contributed by atoms with van der Waals surface area (Å²) in [5.74, 6) is -1.24. The van der Waals surface area contributed by atoms with Crippen molar-refractivity contribution < 1.29 is 17.6 Å². The van der Waals surface area contributed by atoms with Crippen molar-refractivity contribution in [1.82, 2.24) is 10.2 Å². The van der Waals surface area contributed by atoms with Gasteiger partial charge in [0.25, 0.3) is 0 Å². The maximum absolute atomic E-state index is 12.9. The number of unbranched alkanes of at least 4 members (excludes halogenated alkanes) is 1. The zero-order valence-electron chi connectivity index (χ0n) is 13.3. The van der Waals surface area contributed by atoms with Gasteiger partial charge >= 0.3 is 0 Å². The standard InChI is InChI=1S/C15H18FN3O3S2/c1-3-4-5-13-18-19-15(23-13)17-14(20)10(2)24(21,22)12-8-6-11(16)7-9-12/h6-10H,3-5H2,1-2H3,(H,17,19,20)/t10-/m0/s1. The number of rotatable bonds is 7. The summed E-state index contributed by atoms with van der Waals surface area (Å²) in [6.07, 6.45) is 2.76. The molecule has 9 heteroatoms. The number of aryl methyl sites for hydroxylation is 1. The Morgan fingerprint density at radius 1 is 1.29 bits per heavy atom. The Morgan fingerprint density at radius 3 is 2.58 bits per heavy atom. The predicted octanol–water partition coefficient (Wildman–Crippen LogP) is 2.82. The van der Waals surface area contributed by atoms with Crippen LogP contribution >= 0.6 is 11.3 Å². The molecule has 0 aliphatic heterocycles. The van der Waals surface area contributed by atoms with E-state index in [2.05, 4.69) is 22.4 Å². The van der Waals surface area contributed by atoms with E-state index >= 15 is 0 Å². The summed E-state index contributed by atoms with van der Waals surface area (Å²) in [5, 5.41) is 10.0. The Labute approximate surface area is 144 Å². The quantitative estimate of drug-likeness (QED) is 0.756. The Bertz CT molecular complexity index is 804. The Balaban J connectivity index is 2.08. The summed E-state index contributed by atoms with van der Waals surface area (Å²) in [5.41, 5.74) is 0. The van der Waals surface area contributed by atoms with E-state index in [0.717, 1.165) is 48.5 Å². The van der Waals surface area contributed by atoms with Crippen molar-refractivity contribution in [1.29, 1.82) is 0 Å². The van der Waals surface area contributed by atoms with E-state index < -0.39 is 26.8 Å². The van der Waals surface area contributed by atoms with E-state index in [1.54, 1.807) is 0 Å². The average Bonchev–Trinajstić information content (AvgIpc) is 2.99. The number of benzene rings is 1. The van der Waals surface area contributed by atoms with Crippen molar-refractivity contribution in [2.75, 3.05) is 5.32 Å². The van der Waals surface area contributed by atoms with Gasteiger partial charge in [0.05, 0.1) is 4.90 Å². The number of anilines is 1. The number of carbonyl (C=O) groups is 1. The number of nitrogens with one attached hydrogen (secondary N) is 1. The summed E-state index contributed by atoms with van der Waals surface area (Å²) in [6.45, 7) is 3.35. The van der Waals surface area contributed by atoms with Crippen molar-refractivity contribution in [3.63, 3.8) is 0 Å². The molecule has 0 aliphatic carbocycles. The monoisotopic (exact) mass is 371 g/mol. The Morgan fingerprint density at radius 2 is 1.96 bits per heavy atom. The van der Waals surface area contributed by atoms with Crippen molar-refractivity contribution >= 4 is 32.2 Å². The topological polar surface area (TPSA) is 89.0 Å². The second-order valence-corrected chi connectivity index (χ2v) is 8.57. The fraction of sp³-hybridized carbons (Fsp3) is 0.400. The van der Waals surface area contributed by atoms with Crippen LogP contribution in [0.2, 0.25) is 0 Å². The van der Waals surface area contributed by atoms with Gasteiger partial charge in [-0.25, -0.2) is 12.8 Å². The highest BCUT2D eigenvalue weighted by Crippen LogP contribution is 2.20. The summed E-state index contributed by atoms with van der Waals surface area (Å²) in [4.78, 5) is 12.1. The molecule has 0 saturated carbocycles. The molecule has 1 aromatic carbocycles. The SMILES string of the molecule is CCCCc1nnc(NC(=O)[C@H](C)S(=O)(=O)c2ccc(F)cc2)s1. The fourth-order valence-corrected chi connectivity index (χ4v) is 3.96. The summed E-state index contributed by atoms with van der Waals surface area (Å²) in [7, 11) is -3.90. The van der Waals surface area contributed by atoms with Gasteiger partial charge in [-0.15, -0.1) is 10.2 Å². The van der Waals surface area contributed by atoms with Gasteiger partial charge in [-0.05, 0) is 37.6 Å². The van der Waals surface area contributed by atoms with E-state index in [1.807, 2.05) is 0 Å². The number of aromatic nitrogens is 2. The zero-order chi connectivity index (χ0) is 17.7. The molecule has 24 heavy (non-hydrogen) atoms. The summed E-state index contributed by atoms with van der Waals surface area (Å²) < 4.78 is 37.7. The first-order valence-electron chi connectivity index (χ1n) is 7.47. The largest absolute Gasteiger partial charge is 0.299 e. The van der Waals surface area contributed by atoms with Crippen LogP contribution in [0.15, 0.2) is 29.2 Å². The third-order valence-electron chi connectivity index (χ3n) is 3.42. The van der Waals surface area contributed by atoms with Crippen LogP contribution in [0.1, 0.15) is 31.7 Å². The first-order valence-corrected chi connectivity index (χ1v) is 9.83. The molecular weight excluding hydrogens is 353 g/mol. The summed E-state index contributed by atoms with van der Waals surface area (Å²) in [6, 6.07) is 4.37. The molecule has 1 heterocycles. The third kappa shape index (κ3) is 4.35. The smallest absolute Gasteiger partial charge is 0.244 e. The van der Waals surface area contributed by atoms with Crippen molar-refractivity contribution in [2.45, 2.75) is 43.3 Å². The molecule has 1 N–H and O–H groups in total. The van der Waals surface area contributed by atoms with E-state index in [0.29, 0.717) is 0 Å². The molecule has 0 fully saturated rings. The number of amides is 1. The number of carbonyl (C=O) groups excluding carboxylic acids is 1. The van der Waals surface area contributed by atoms with Crippen LogP contribution in [0.25, 0.3) is 0 Å². The van der Waals surface area contributed by atoms with Gasteiger partial charge in [0, 0.05) is 6.42 Å². The normalized spacial score (nSPS) is 12.8. The zero-order valence-corrected chi connectivity index (χ0v) is 15.0. The minimum absolute atomic E-state index is 0.104. The van der Waals surface area contributed by atoms with Gasteiger partial charge in [0.2, 0.25) is 11.0 Å². The minimum Gasteiger partial charge on any atom is -0.299 e. The third-order valence-corrected chi connectivity index (χ3v) is 6.39. The Hall–Kier alpha value is -1.87. The summed E-state index contributed by atoms with van der Waals surface area (Å²) >= 11 is 1.23.